The van der Waals surface area contributed by atoms with Crippen LogP contribution >= 0.6 is 23.4 Å². The molecule has 3 aromatic rings. The molecule has 1 aliphatic rings. The number of nitrogens with one attached hydrogen (secondary N) is 1. The van der Waals surface area contributed by atoms with E-state index in [1.807, 2.05) is 20.1 Å². The first kappa shape index (κ1) is 34.7. The molecule has 0 aromatic heterocycles. The molecule has 2 amide bonds. The number of amides is 2. The molecule has 242 valence electrons. The van der Waals surface area contributed by atoms with Crippen LogP contribution in [0, 0.1) is 0 Å². The minimum atomic E-state index is -4.22. The van der Waals surface area contributed by atoms with Crippen molar-refractivity contribution in [2.24, 2.45) is 0 Å². The number of nitrogens with zero attached hydrogens (tertiary/aromatic N) is 2. The molecule has 4 rings (SSSR count). The zero-order chi connectivity index (χ0) is 32.4. The summed E-state index contributed by atoms with van der Waals surface area (Å²) in [5, 5.41) is 3.72. The molecule has 11 heteroatoms. The third-order valence-corrected chi connectivity index (χ3v) is 10.7. The molecule has 0 saturated heterocycles. The number of carbonyl (C=O) groups excluding carboxylic acids is 2. The van der Waals surface area contributed by atoms with Crippen LogP contribution in [0.4, 0.5) is 5.69 Å². The Morgan fingerprint density at radius 1 is 0.978 bits per heavy atom. The zero-order valence-electron chi connectivity index (χ0n) is 26.1. The Bertz CT molecular complexity index is 1530. The number of hydrogen-bond acceptors (Lipinski definition) is 6. The Hall–Kier alpha value is -3.21. The molecular formula is C34H42ClN3O5S2. The van der Waals surface area contributed by atoms with Crippen LogP contribution in [-0.2, 0) is 26.2 Å². The fraction of sp³-hybridized carbons (Fsp3) is 0.412. The van der Waals surface area contributed by atoms with Crippen LogP contribution in [-0.4, -0.2) is 56.6 Å². The predicted octanol–water partition coefficient (Wildman–Crippen LogP) is 6.91. The lowest BCUT2D eigenvalue weighted by Gasteiger charge is -2.34. The summed E-state index contributed by atoms with van der Waals surface area (Å²) < 4.78 is 35.5. The maximum atomic E-state index is 14.4. The molecule has 45 heavy (non-hydrogen) atoms. The van der Waals surface area contributed by atoms with Gasteiger partial charge in [0.25, 0.3) is 10.0 Å². The summed E-state index contributed by atoms with van der Waals surface area (Å²) in [5.74, 6) is -0.405. The fourth-order valence-electron chi connectivity index (χ4n) is 5.58. The second-order valence-electron chi connectivity index (χ2n) is 11.0. The number of carbonyl (C=O) groups is 2. The maximum Gasteiger partial charge on any atom is 0.264 e. The molecule has 1 unspecified atom stereocenters. The van der Waals surface area contributed by atoms with Crippen LogP contribution in [0.2, 0.25) is 5.02 Å². The second-order valence-corrected chi connectivity index (χ2v) is 14.2. The summed E-state index contributed by atoms with van der Waals surface area (Å²) in [4.78, 5) is 30.6. The summed E-state index contributed by atoms with van der Waals surface area (Å²) in [6, 6.07) is 19.7. The van der Waals surface area contributed by atoms with Gasteiger partial charge in [0.2, 0.25) is 11.8 Å². The van der Waals surface area contributed by atoms with Gasteiger partial charge in [-0.05, 0) is 86.5 Å². The van der Waals surface area contributed by atoms with E-state index in [2.05, 4.69) is 5.32 Å². The Labute approximate surface area is 276 Å². The molecule has 1 aliphatic carbocycles. The van der Waals surface area contributed by atoms with Crippen molar-refractivity contribution in [3.05, 3.63) is 83.4 Å². The number of thioether (sulfide) groups is 1. The van der Waals surface area contributed by atoms with Crippen LogP contribution in [0.3, 0.4) is 0 Å². The predicted molar refractivity (Wildman–Crippen MR) is 181 cm³/mol. The summed E-state index contributed by atoms with van der Waals surface area (Å²) in [6.45, 7) is 3.56. The van der Waals surface area contributed by atoms with Crippen LogP contribution in [0.1, 0.15) is 57.9 Å². The molecule has 0 radical (unpaired) electrons. The van der Waals surface area contributed by atoms with E-state index in [0.717, 1.165) is 46.9 Å². The third-order valence-electron chi connectivity index (χ3n) is 7.96. The van der Waals surface area contributed by atoms with Crippen molar-refractivity contribution >= 4 is 50.9 Å². The smallest absolute Gasteiger partial charge is 0.264 e. The highest BCUT2D eigenvalue weighted by Crippen LogP contribution is 2.33. The number of halogens is 1. The molecule has 3 aromatic carbocycles. The SMILES string of the molecule is CCOc1ccccc1N(CC(=O)N(Cc1ccc(Cl)cc1)C(CC)C(=O)NC1CCCCC1)S(=O)(=O)c1ccc(SC)cc1. The van der Waals surface area contributed by atoms with Crippen molar-refractivity contribution in [1.82, 2.24) is 10.2 Å². The van der Waals surface area contributed by atoms with Crippen molar-refractivity contribution in [3.63, 3.8) is 0 Å². The molecule has 1 fully saturated rings. The van der Waals surface area contributed by atoms with E-state index in [4.69, 9.17) is 16.3 Å². The van der Waals surface area contributed by atoms with Crippen molar-refractivity contribution in [2.75, 3.05) is 23.7 Å². The number of benzene rings is 3. The summed E-state index contributed by atoms with van der Waals surface area (Å²) >= 11 is 7.64. The number of rotatable bonds is 14. The highest BCUT2D eigenvalue weighted by molar-refractivity contribution is 7.98. The monoisotopic (exact) mass is 671 g/mol. The molecule has 8 nitrogen and oxygen atoms in total. The summed E-state index contributed by atoms with van der Waals surface area (Å²) in [7, 11) is -4.22. The lowest BCUT2D eigenvalue weighted by atomic mass is 9.95. The first-order valence-corrected chi connectivity index (χ1v) is 18.4. The quantitative estimate of drug-likeness (QED) is 0.187. The van der Waals surface area contributed by atoms with Gasteiger partial charge in [-0.2, -0.15) is 0 Å². The van der Waals surface area contributed by atoms with E-state index in [-0.39, 0.29) is 29.1 Å². The topological polar surface area (TPSA) is 96.0 Å². The van der Waals surface area contributed by atoms with E-state index in [9.17, 15) is 18.0 Å². The average molecular weight is 672 g/mol. The number of anilines is 1. The Balaban J connectivity index is 1.74. The van der Waals surface area contributed by atoms with Crippen LogP contribution in [0.5, 0.6) is 5.75 Å². The van der Waals surface area contributed by atoms with Gasteiger partial charge >= 0.3 is 0 Å². The molecule has 0 heterocycles. The number of para-hydroxylation sites is 2. The Kier molecular flexibility index (Phi) is 12.6. The first-order valence-electron chi connectivity index (χ1n) is 15.4. The van der Waals surface area contributed by atoms with E-state index in [1.54, 1.807) is 72.8 Å². The Morgan fingerprint density at radius 2 is 1.64 bits per heavy atom. The van der Waals surface area contributed by atoms with Gasteiger partial charge in [-0.1, -0.05) is 62.1 Å². The van der Waals surface area contributed by atoms with E-state index in [0.29, 0.717) is 23.8 Å². The van der Waals surface area contributed by atoms with Gasteiger partial charge in [-0.25, -0.2) is 8.42 Å². The fourth-order valence-corrected chi connectivity index (χ4v) is 7.54. The Morgan fingerprint density at radius 3 is 2.27 bits per heavy atom. The van der Waals surface area contributed by atoms with Crippen molar-refractivity contribution in [2.45, 2.75) is 80.8 Å². The molecule has 1 saturated carbocycles. The van der Waals surface area contributed by atoms with Gasteiger partial charge < -0.3 is 15.0 Å². The molecular weight excluding hydrogens is 630 g/mol. The summed E-state index contributed by atoms with van der Waals surface area (Å²) in [6.07, 6.45) is 7.34. The van der Waals surface area contributed by atoms with Crippen molar-refractivity contribution in [1.29, 1.82) is 0 Å². The van der Waals surface area contributed by atoms with Crippen molar-refractivity contribution in [3.8, 4) is 5.75 Å². The number of ether oxygens (including phenoxy) is 1. The summed E-state index contributed by atoms with van der Waals surface area (Å²) in [5.41, 5.74) is 1.02. The van der Waals surface area contributed by atoms with E-state index >= 15 is 0 Å². The van der Waals surface area contributed by atoms with E-state index < -0.39 is 28.5 Å². The van der Waals surface area contributed by atoms with Gasteiger partial charge in [0, 0.05) is 22.5 Å². The highest BCUT2D eigenvalue weighted by atomic mass is 35.5. The molecule has 0 spiro atoms. The number of hydrogen-bond donors (Lipinski definition) is 1. The molecule has 0 aliphatic heterocycles. The van der Waals surface area contributed by atoms with Gasteiger partial charge in [-0.3, -0.25) is 13.9 Å². The van der Waals surface area contributed by atoms with Crippen LogP contribution in [0.15, 0.2) is 82.6 Å². The molecule has 0 bridgehead atoms. The van der Waals surface area contributed by atoms with Gasteiger partial charge in [-0.15, -0.1) is 11.8 Å². The lowest BCUT2D eigenvalue weighted by Crippen LogP contribution is -2.54. The largest absolute Gasteiger partial charge is 0.492 e. The normalized spacial score (nSPS) is 14.4. The average Bonchev–Trinajstić information content (AvgIpc) is 3.05. The van der Waals surface area contributed by atoms with Crippen LogP contribution in [0.25, 0.3) is 0 Å². The van der Waals surface area contributed by atoms with E-state index in [1.165, 1.54) is 16.7 Å². The van der Waals surface area contributed by atoms with Crippen LogP contribution < -0.4 is 14.4 Å². The van der Waals surface area contributed by atoms with Gasteiger partial charge in [0.05, 0.1) is 17.2 Å². The van der Waals surface area contributed by atoms with Gasteiger partial charge in [0.15, 0.2) is 0 Å². The second kappa shape index (κ2) is 16.4. The third kappa shape index (κ3) is 8.95. The van der Waals surface area contributed by atoms with Crippen molar-refractivity contribution < 1.29 is 22.7 Å². The molecule has 1 atom stereocenters. The first-order chi connectivity index (χ1) is 21.7. The number of sulfonamides is 1. The van der Waals surface area contributed by atoms with Gasteiger partial charge in [0.1, 0.15) is 18.3 Å². The maximum absolute atomic E-state index is 14.4. The lowest BCUT2D eigenvalue weighted by molar-refractivity contribution is -0.140. The minimum absolute atomic E-state index is 0.0470. The minimum Gasteiger partial charge on any atom is -0.492 e. The highest BCUT2D eigenvalue weighted by Gasteiger charge is 2.35. The zero-order valence-corrected chi connectivity index (χ0v) is 28.5. The standard InChI is InChI=1S/C34H42ClN3O5S2/c1-4-30(34(40)36-27-11-7-6-8-12-27)37(23-25-15-17-26(35)18-16-25)33(39)24-38(31-13-9-10-14-32(31)43-5-2)45(41,42)29-21-19-28(44-3)20-22-29/h9-10,13-22,27,30H,4-8,11-12,23-24H2,1-3H3,(H,36,40). The molecule has 1 N–H and O–H groups in total.